The van der Waals surface area contributed by atoms with Gasteiger partial charge in [0.25, 0.3) is 0 Å². The van der Waals surface area contributed by atoms with Gasteiger partial charge in [-0.05, 0) is 70.3 Å². The fourth-order valence-corrected chi connectivity index (χ4v) is 3.76. The molecule has 0 atom stereocenters. The van der Waals surface area contributed by atoms with Crippen molar-refractivity contribution < 1.29 is 0 Å². The topological polar surface area (TPSA) is 3.24 Å². The molecule has 120 valence electrons. The minimum Gasteiger partial charge on any atom is -0.304 e. The lowest BCUT2D eigenvalue weighted by atomic mass is 9.66. The third kappa shape index (κ3) is 5.76. The van der Waals surface area contributed by atoms with Crippen molar-refractivity contribution in [2.75, 3.05) is 13.6 Å². The maximum absolute atomic E-state index is 2.53. The highest BCUT2D eigenvalue weighted by Gasteiger charge is 2.33. The van der Waals surface area contributed by atoms with Crippen LogP contribution in [0.4, 0.5) is 0 Å². The van der Waals surface area contributed by atoms with E-state index in [1.165, 1.54) is 57.9 Å². The van der Waals surface area contributed by atoms with Gasteiger partial charge in [0.15, 0.2) is 0 Å². The zero-order valence-corrected chi connectivity index (χ0v) is 15.0. The highest BCUT2D eigenvalue weighted by molar-refractivity contribution is 4.85. The molecule has 0 N–H and O–H groups in total. The van der Waals surface area contributed by atoms with Crippen LogP contribution in [0.15, 0.2) is 0 Å². The summed E-state index contributed by atoms with van der Waals surface area (Å²) in [5.41, 5.74) is 0.696. The molecule has 1 aliphatic rings. The van der Waals surface area contributed by atoms with Gasteiger partial charge in [-0.2, -0.15) is 0 Å². The Morgan fingerprint density at radius 3 is 2.15 bits per heavy atom. The zero-order chi connectivity index (χ0) is 15.2. The average molecular weight is 282 g/mol. The molecule has 0 radical (unpaired) electrons. The standard InChI is InChI=1S/C19H39N/c1-7-19(12-8-9-16(2)3)13-10-18(11-14-19)15-20(6)17(4)5/h16-18H,7-15H2,1-6H3. The Morgan fingerprint density at radius 2 is 1.70 bits per heavy atom. The van der Waals surface area contributed by atoms with Crippen molar-refractivity contribution in [1.82, 2.24) is 4.90 Å². The van der Waals surface area contributed by atoms with Crippen LogP contribution in [-0.4, -0.2) is 24.5 Å². The SMILES string of the molecule is CCC1(CCCC(C)C)CCC(CN(C)C(C)C)CC1. The minimum atomic E-state index is 0.693. The van der Waals surface area contributed by atoms with Crippen molar-refractivity contribution in [3.05, 3.63) is 0 Å². The van der Waals surface area contributed by atoms with Gasteiger partial charge < -0.3 is 4.90 Å². The van der Waals surface area contributed by atoms with Crippen molar-refractivity contribution >= 4 is 0 Å². The van der Waals surface area contributed by atoms with Gasteiger partial charge in [-0.1, -0.05) is 40.0 Å². The number of nitrogens with zero attached hydrogens (tertiary/aromatic N) is 1. The molecular weight excluding hydrogens is 242 g/mol. The fraction of sp³-hybridized carbons (Fsp3) is 1.00. The first-order valence-electron chi connectivity index (χ1n) is 9.09. The summed E-state index contributed by atoms with van der Waals surface area (Å²) in [7, 11) is 2.29. The van der Waals surface area contributed by atoms with E-state index in [2.05, 4.69) is 46.6 Å². The number of rotatable bonds is 8. The van der Waals surface area contributed by atoms with Gasteiger partial charge in [-0.25, -0.2) is 0 Å². The second-order valence-electron chi connectivity index (χ2n) is 8.12. The summed E-state index contributed by atoms with van der Waals surface area (Å²) in [5.74, 6) is 1.83. The zero-order valence-electron chi connectivity index (χ0n) is 15.0. The molecule has 1 fully saturated rings. The fourth-order valence-electron chi connectivity index (χ4n) is 3.76. The first-order chi connectivity index (χ1) is 9.38. The van der Waals surface area contributed by atoms with Crippen LogP contribution in [-0.2, 0) is 0 Å². The average Bonchev–Trinajstić information content (AvgIpc) is 2.40. The van der Waals surface area contributed by atoms with E-state index < -0.39 is 0 Å². The van der Waals surface area contributed by atoms with E-state index in [1.807, 2.05) is 0 Å². The monoisotopic (exact) mass is 281 g/mol. The normalized spacial score (nSPS) is 27.8. The Kier molecular flexibility index (Phi) is 7.58. The van der Waals surface area contributed by atoms with Crippen molar-refractivity contribution in [3.8, 4) is 0 Å². The molecule has 20 heavy (non-hydrogen) atoms. The summed E-state index contributed by atoms with van der Waals surface area (Å²) in [4.78, 5) is 2.53. The lowest BCUT2D eigenvalue weighted by Crippen LogP contribution is -2.35. The molecule has 0 bridgehead atoms. The maximum atomic E-state index is 2.53. The van der Waals surface area contributed by atoms with E-state index in [9.17, 15) is 0 Å². The molecule has 1 nitrogen and oxygen atoms in total. The lowest BCUT2D eigenvalue weighted by Gasteiger charge is -2.41. The van der Waals surface area contributed by atoms with Gasteiger partial charge in [0.05, 0.1) is 0 Å². The van der Waals surface area contributed by atoms with Gasteiger partial charge in [0, 0.05) is 12.6 Å². The number of hydrogen-bond acceptors (Lipinski definition) is 1. The summed E-state index contributed by atoms with van der Waals surface area (Å²) in [6.45, 7) is 13.1. The first-order valence-corrected chi connectivity index (χ1v) is 9.09. The Morgan fingerprint density at radius 1 is 1.10 bits per heavy atom. The van der Waals surface area contributed by atoms with E-state index in [0.29, 0.717) is 11.5 Å². The molecule has 0 amide bonds. The van der Waals surface area contributed by atoms with Gasteiger partial charge in [-0.3, -0.25) is 0 Å². The molecule has 0 aromatic rings. The molecule has 1 rings (SSSR count). The molecule has 0 heterocycles. The molecule has 0 aromatic heterocycles. The van der Waals surface area contributed by atoms with Crippen LogP contribution < -0.4 is 0 Å². The summed E-state index contributed by atoms with van der Waals surface area (Å²) in [6.07, 6.45) is 11.6. The highest BCUT2D eigenvalue weighted by Crippen LogP contribution is 2.45. The van der Waals surface area contributed by atoms with Crippen LogP contribution in [0.5, 0.6) is 0 Å². The van der Waals surface area contributed by atoms with Gasteiger partial charge in [0.2, 0.25) is 0 Å². The summed E-state index contributed by atoms with van der Waals surface area (Å²) >= 11 is 0. The molecule has 0 aliphatic heterocycles. The quantitative estimate of drug-likeness (QED) is 0.548. The smallest absolute Gasteiger partial charge is 0.00356 e. The molecule has 0 unspecified atom stereocenters. The van der Waals surface area contributed by atoms with E-state index in [4.69, 9.17) is 0 Å². The van der Waals surface area contributed by atoms with Crippen LogP contribution in [0, 0.1) is 17.3 Å². The van der Waals surface area contributed by atoms with Crippen molar-refractivity contribution in [1.29, 1.82) is 0 Å². The second-order valence-corrected chi connectivity index (χ2v) is 8.12. The Balaban J connectivity index is 2.37. The summed E-state index contributed by atoms with van der Waals surface area (Å²) in [5, 5.41) is 0. The van der Waals surface area contributed by atoms with E-state index in [-0.39, 0.29) is 0 Å². The molecule has 0 saturated heterocycles. The Bertz CT molecular complexity index is 248. The highest BCUT2D eigenvalue weighted by atomic mass is 15.1. The maximum Gasteiger partial charge on any atom is 0.00356 e. The molecule has 1 aliphatic carbocycles. The van der Waals surface area contributed by atoms with Crippen molar-refractivity contribution in [2.24, 2.45) is 17.3 Å². The molecule has 1 saturated carbocycles. The van der Waals surface area contributed by atoms with Gasteiger partial charge in [0.1, 0.15) is 0 Å². The van der Waals surface area contributed by atoms with E-state index in [1.54, 1.807) is 0 Å². The van der Waals surface area contributed by atoms with Gasteiger partial charge >= 0.3 is 0 Å². The third-order valence-corrected chi connectivity index (χ3v) is 5.83. The predicted molar refractivity (Wildman–Crippen MR) is 91.1 cm³/mol. The Labute approximate surface area is 128 Å². The first kappa shape index (κ1) is 18.0. The van der Waals surface area contributed by atoms with E-state index >= 15 is 0 Å². The van der Waals surface area contributed by atoms with Crippen molar-refractivity contribution in [3.63, 3.8) is 0 Å². The summed E-state index contributed by atoms with van der Waals surface area (Å²) < 4.78 is 0. The third-order valence-electron chi connectivity index (χ3n) is 5.83. The molecular formula is C19H39N. The van der Waals surface area contributed by atoms with E-state index in [0.717, 1.165) is 11.8 Å². The van der Waals surface area contributed by atoms with Gasteiger partial charge in [-0.15, -0.1) is 0 Å². The van der Waals surface area contributed by atoms with Crippen LogP contribution in [0.3, 0.4) is 0 Å². The lowest BCUT2D eigenvalue weighted by molar-refractivity contribution is 0.101. The van der Waals surface area contributed by atoms with Crippen LogP contribution >= 0.6 is 0 Å². The number of hydrogen-bond donors (Lipinski definition) is 0. The molecule has 0 aromatic carbocycles. The molecule has 0 spiro atoms. The van der Waals surface area contributed by atoms with Crippen LogP contribution in [0.25, 0.3) is 0 Å². The predicted octanol–water partition coefficient (Wildman–Crippen LogP) is 5.74. The minimum absolute atomic E-state index is 0.693. The summed E-state index contributed by atoms with van der Waals surface area (Å²) in [6, 6.07) is 0.693. The van der Waals surface area contributed by atoms with Crippen LogP contribution in [0.2, 0.25) is 0 Å². The van der Waals surface area contributed by atoms with Crippen molar-refractivity contribution in [2.45, 2.75) is 92.0 Å². The largest absolute Gasteiger partial charge is 0.304 e. The Hall–Kier alpha value is -0.0400. The van der Waals surface area contributed by atoms with Crippen LogP contribution in [0.1, 0.15) is 86.0 Å². The second kappa shape index (κ2) is 8.41. The molecule has 1 heteroatoms.